The SMILES string of the molecule is CC(C)N1C(=O)c2cccc([N+](=O)[O-])c2NS1(=O)=O. The second-order valence-corrected chi connectivity index (χ2v) is 5.81. The number of hydrogen-bond donors (Lipinski definition) is 1. The molecule has 1 N–H and O–H groups in total. The van der Waals surface area contributed by atoms with Gasteiger partial charge in [-0.1, -0.05) is 6.07 Å². The Hall–Kier alpha value is -2.16. The smallest absolute Gasteiger partial charge is 0.268 e. The van der Waals surface area contributed by atoms with Gasteiger partial charge in [0.25, 0.3) is 11.6 Å². The lowest BCUT2D eigenvalue weighted by atomic mass is 10.1. The average molecular weight is 285 g/mol. The molecule has 0 atom stereocenters. The van der Waals surface area contributed by atoms with Gasteiger partial charge in [0.15, 0.2) is 0 Å². The summed E-state index contributed by atoms with van der Waals surface area (Å²) in [4.78, 5) is 22.2. The molecule has 0 saturated heterocycles. The molecule has 0 radical (unpaired) electrons. The molecular formula is C10H11N3O5S. The van der Waals surface area contributed by atoms with Crippen molar-refractivity contribution in [3.63, 3.8) is 0 Å². The van der Waals surface area contributed by atoms with Gasteiger partial charge in [-0.15, -0.1) is 0 Å². The number of rotatable bonds is 2. The Morgan fingerprint density at radius 2 is 2.00 bits per heavy atom. The van der Waals surface area contributed by atoms with Crippen LogP contribution in [-0.4, -0.2) is 29.6 Å². The average Bonchev–Trinajstić information content (AvgIpc) is 2.26. The van der Waals surface area contributed by atoms with Crippen molar-refractivity contribution in [2.24, 2.45) is 0 Å². The molecule has 9 heteroatoms. The first kappa shape index (κ1) is 13.3. The number of nitrogens with one attached hydrogen (secondary N) is 1. The number of benzene rings is 1. The Morgan fingerprint density at radius 3 is 2.53 bits per heavy atom. The van der Waals surface area contributed by atoms with Crippen molar-refractivity contribution < 1.29 is 18.1 Å². The number of fused-ring (bicyclic) bond motifs is 1. The number of nitrogens with zero attached hydrogens (tertiary/aromatic N) is 2. The van der Waals surface area contributed by atoms with Gasteiger partial charge in [0.2, 0.25) is 0 Å². The van der Waals surface area contributed by atoms with Gasteiger partial charge < -0.3 is 0 Å². The van der Waals surface area contributed by atoms with E-state index in [0.29, 0.717) is 4.31 Å². The first-order valence-corrected chi connectivity index (χ1v) is 6.83. The summed E-state index contributed by atoms with van der Waals surface area (Å²) in [6.07, 6.45) is 0. The van der Waals surface area contributed by atoms with E-state index in [-0.39, 0.29) is 11.3 Å². The van der Waals surface area contributed by atoms with Crippen LogP contribution in [0.4, 0.5) is 11.4 Å². The highest BCUT2D eigenvalue weighted by Crippen LogP contribution is 2.35. The van der Waals surface area contributed by atoms with Gasteiger partial charge >= 0.3 is 10.2 Å². The standard InChI is InChI=1S/C10H11N3O5S/c1-6(2)12-10(14)7-4-3-5-8(13(15)16)9(7)11-19(12,17)18/h3-6,11H,1-2H3. The highest BCUT2D eigenvalue weighted by atomic mass is 32.2. The maximum Gasteiger partial charge on any atom is 0.326 e. The van der Waals surface area contributed by atoms with Crippen molar-refractivity contribution in [1.82, 2.24) is 4.31 Å². The lowest BCUT2D eigenvalue weighted by Gasteiger charge is -2.31. The number of hydrogen-bond acceptors (Lipinski definition) is 5. The number of nitro groups is 1. The minimum Gasteiger partial charge on any atom is -0.268 e. The van der Waals surface area contributed by atoms with Crippen LogP contribution in [0.3, 0.4) is 0 Å². The number of anilines is 1. The Kier molecular flexibility index (Phi) is 2.93. The molecule has 1 amide bonds. The van der Waals surface area contributed by atoms with Crippen molar-refractivity contribution in [2.75, 3.05) is 4.72 Å². The monoisotopic (exact) mass is 285 g/mol. The van der Waals surface area contributed by atoms with Crippen LogP contribution in [0.2, 0.25) is 0 Å². The van der Waals surface area contributed by atoms with Crippen molar-refractivity contribution in [1.29, 1.82) is 0 Å². The summed E-state index contributed by atoms with van der Waals surface area (Å²) in [6.45, 7) is 3.08. The Morgan fingerprint density at radius 1 is 1.37 bits per heavy atom. The third kappa shape index (κ3) is 2.01. The van der Waals surface area contributed by atoms with E-state index < -0.39 is 32.8 Å². The minimum absolute atomic E-state index is 0.0299. The summed E-state index contributed by atoms with van der Waals surface area (Å²) < 4.78 is 26.6. The summed E-state index contributed by atoms with van der Waals surface area (Å²) >= 11 is 0. The maximum absolute atomic E-state index is 12.1. The molecule has 19 heavy (non-hydrogen) atoms. The minimum atomic E-state index is -4.11. The predicted octanol–water partition coefficient (Wildman–Crippen LogP) is 1.12. The van der Waals surface area contributed by atoms with E-state index in [9.17, 15) is 23.3 Å². The van der Waals surface area contributed by atoms with Crippen molar-refractivity contribution in [3.05, 3.63) is 33.9 Å². The Bertz CT molecular complexity index is 668. The van der Waals surface area contributed by atoms with Gasteiger partial charge in [-0.2, -0.15) is 8.42 Å². The molecule has 0 bridgehead atoms. The van der Waals surface area contributed by atoms with Gasteiger partial charge in [0, 0.05) is 12.1 Å². The van der Waals surface area contributed by atoms with Gasteiger partial charge in [0.05, 0.1) is 10.5 Å². The van der Waals surface area contributed by atoms with Gasteiger partial charge in [-0.25, -0.2) is 4.31 Å². The molecule has 8 nitrogen and oxygen atoms in total. The van der Waals surface area contributed by atoms with E-state index in [1.165, 1.54) is 12.1 Å². The van der Waals surface area contributed by atoms with Crippen LogP contribution >= 0.6 is 0 Å². The Labute approximate surface area is 109 Å². The van der Waals surface area contributed by atoms with Crippen LogP contribution in [0.1, 0.15) is 24.2 Å². The molecule has 0 aromatic heterocycles. The van der Waals surface area contributed by atoms with E-state index in [4.69, 9.17) is 0 Å². The predicted molar refractivity (Wildman–Crippen MR) is 66.9 cm³/mol. The molecule has 0 unspecified atom stereocenters. The second-order valence-electron chi connectivity index (χ2n) is 4.26. The zero-order valence-electron chi connectivity index (χ0n) is 10.2. The summed E-state index contributed by atoms with van der Waals surface area (Å²) in [5.41, 5.74) is -0.759. The van der Waals surface area contributed by atoms with Crippen molar-refractivity contribution in [3.8, 4) is 0 Å². The fourth-order valence-electron chi connectivity index (χ4n) is 1.90. The fraction of sp³-hybridized carbons (Fsp3) is 0.300. The number of amides is 1. The van der Waals surface area contributed by atoms with Gasteiger partial charge in [-0.05, 0) is 19.9 Å². The van der Waals surface area contributed by atoms with Crippen LogP contribution in [-0.2, 0) is 10.2 Å². The molecule has 1 aromatic rings. The molecular weight excluding hydrogens is 274 g/mol. The van der Waals surface area contributed by atoms with Crippen LogP contribution in [0.15, 0.2) is 18.2 Å². The largest absolute Gasteiger partial charge is 0.326 e. The van der Waals surface area contributed by atoms with Crippen LogP contribution in [0.5, 0.6) is 0 Å². The number of carbonyl (C=O) groups excluding carboxylic acids is 1. The molecule has 0 aliphatic carbocycles. The molecule has 1 aliphatic rings. The Balaban J connectivity index is 2.70. The van der Waals surface area contributed by atoms with E-state index in [1.54, 1.807) is 13.8 Å². The van der Waals surface area contributed by atoms with Crippen LogP contribution < -0.4 is 4.72 Å². The molecule has 102 valence electrons. The van der Waals surface area contributed by atoms with Gasteiger partial charge in [-0.3, -0.25) is 19.6 Å². The zero-order valence-corrected chi connectivity index (χ0v) is 11.0. The van der Waals surface area contributed by atoms with E-state index in [0.717, 1.165) is 6.07 Å². The molecule has 0 fully saturated rings. The topological polar surface area (TPSA) is 110 Å². The summed E-state index contributed by atoms with van der Waals surface area (Å²) in [5, 5.41) is 10.9. The second kappa shape index (κ2) is 4.19. The van der Waals surface area contributed by atoms with E-state index >= 15 is 0 Å². The normalized spacial score (nSPS) is 17.0. The third-order valence-electron chi connectivity index (χ3n) is 2.63. The highest BCUT2D eigenvalue weighted by molar-refractivity contribution is 7.91. The molecule has 1 aliphatic heterocycles. The first-order chi connectivity index (χ1) is 8.75. The van der Waals surface area contributed by atoms with Crippen LogP contribution in [0.25, 0.3) is 0 Å². The first-order valence-electron chi connectivity index (χ1n) is 5.39. The van der Waals surface area contributed by atoms with Crippen molar-refractivity contribution >= 4 is 27.5 Å². The summed E-state index contributed by atoms with van der Waals surface area (Å²) in [6, 6.07) is 3.24. The molecule has 1 heterocycles. The number of para-hydroxylation sites is 1. The lowest BCUT2D eigenvalue weighted by Crippen LogP contribution is -2.48. The number of carbonyl (C=O) groups is 1. The molecule has 1 aromatic carbocycles. The van der Waals surface area contributed by atoms with E-state index in [1.807, 2.05) is 0 Å². The highest BCUT2D eigenvalue weighted by Gasteiger charge is 2.40. The summed E-state index contributed by atoms with van der Waals surface area (Å²) in [5.74, 6) is -0.771. The molecule has 0 spiro atoms. The lowest BCUT2D eigenvalue weighted by molar-refractivity contribution is -0.383. The third-order valence-corrected chi connectivity index (χ3v) is 4.20. The quantitative estimate of drug-likeness (QED) is 0.646. The zero-order chi connectivity index (χ0) is 14.4. The van der Waals surface area contributed by atoms with Crippen LogP contribution in [0, 0.1) is 10.1 Å². The number of nitro benzene ring substituents is 1. The van der Waals surface area contributed by atoms with Crippen molar-refractivity contribution in [2.45, 2.75) is 19.9 Å². The van der Waals surface area contributed by atoms with Gasteiger partial charge in [0.1, 0.15) is 5.69 Å². The maximum atomic E-state index is 12.1. The van der Waals surface area contributed by atoms with E-state index in [2.05, 4.69) is 4.72 Å². The fourth-order valence-corrected chi connectivity index (χ4v) is 3.34. The molecule has 0 saturated carbocycles. The summed E-state index contributed by atoms with van der Waals surface area (Å²) in [7, 11) is -4.11. The molecule has 2 rings (SSSR count).